The molecule has 3 aromatic carbocycles. The summed E-state index contributed by atoms with van der Waals surface area (Å²) in [4.78, 5) is 6.75. The first-order valence-electron chi connectivity index (χ1n) is 11.5. The minimum Gasteiger partial charge on any atom is -0.497 e. The monoisotopic (exact) mass is 498 g/mol. The van der Waals surface area contributed by atoms with Crippen molar-refractivity contribution in [1.29, 1.82) is 0 Å². The van der Waals surface area contributed by atoms with Crippen LogP contribution in [0.2, 0.25) is 0 Å². The van der Waals surface area contributed by atoms with Crippen LogP contribution in [0.1, 0.15) is 30.0 Å². The Morgan fingerprint density at radius 3 is 2.33 bits per heavy atom. The maximum atomic E-state index is 5.84. The highest BCUT2D eigenvalue weighted by Gasteiger charge is 2.35. The molecule has 0 amide bonds. The van der Waals surface area contributed by atoms with Gasteiger partial charge in [-0.3, -0.25) is 4.90 Å². The van der Waals surface area contributed by atoms with E-state index in [1.54, 1.807) is 14.2 Å². The molecule has 1 unspecified atom stereocenters. The molecule has 7 nitrogen and oxygen atoms in total. The van der Waals surface area contributed by atoms with Crippen molar-refractivity contribution in [3.05, 3.63) is 95.5 Å². The van der Waals surface area contributed by atoms with Crippen LogP contribution in [0, 0.1) is 6.92 Å². The van der Waals surface area contributed by atoms with Gasteiger partial charge in [0.15, 0.2) is 5.11 Å². The van der Waals surface area contributed by atoms with Gasteiger partial charge in [-0.25, -0.2) is 0 Å². The third-order valence-electron chi connectivity index (χ3n) is 6.21. The first kappa shape index (κ1) is 23.6. The summed E-state index contributed by atoms with van der Waals surface area (Å²) in [6, 6.07) is 23.4. The van der Waals surface area contributed by atoms with Crippen molar-refractivity contribution in [1.82, 2.24) is 15.5 Å². The van der Waals surface area contributed by atoms with Crippen LogP contribution in [0.15, 0.2) is 83.0 Å². The van der Waals surface area contributed by atoms with Crippen molar-refractivity contribution in [2.24, 2.45) is 0 Å². The lowest BCUT2D eigenvalue weighted by atomic mass is 9.94. The van der Waals surface area contributed by atoms with E-state index >= 15 is 0 Å². The van der Waals surface area contributed by atoms with Gasteiger partial charge in [0.25, 0.3) is 5.89 Å². The molecule has 4 aromatic rings. The fourth-order valence-corrected chi connectivity index (χ4v) is 4.64. The number of aromatic nitrogens is 2. The number of methoxy groups -OCH3 is 2. The zero-order valence-corrected chi connectivity index (χ0v) is 21.3. The predicted molar refractivity (Wildman–Crippen MR) is 144 cm³/mol. The molecule has 0 bridgehead atoms. The van der Waals surface area contributed by atoms with Crippen LogP contribution in [-0.4, -0.2) is 29.5 Å². The van der Waals surface area contributed by atoms with Crippen molar-refractivity contribution in [2.45, 2.75) is 19.9 Å². The van der Waals surface area contributed by atoms with E-state index in [0.29, 0.717) is 16.8 Å². The zero-order valence-electron chi connectivity index (χ0n) is 20.5. The summed E-state index contributed by atoms with van der Waals surface area (Å²) < 4.78 is 16.6. The van der Waals surface area contributed by atoms with E-state index in [2.05, 4.69) is 10.5 Å². The molecule has 0 spiro atoms. The van der Waals surface area contributed by atoms with Gasteiger partial charge < -0.3 is 19.3 Å². The molecule has 182 valence electrons. The van der Waals surface area contributed by atoms with Gasteiger partial charge in [-0.15, -0.1) is 0 Å². The van der Waals surface area contributed by atoms with Crippen molar-refractivity contribution >= 4 is 28.6 Å². The van der Waals surface area contributed by atoms with Crippen molar-refractivity contribution in [2.75, 3.05) is 19.1 Å². The van der Waals surface area contributed by atoms with Gasteiger partial charge >= 0.3 is 0 Å². The normalized spacial score (nSPS) is 15.6. The van der Waals surface area contributed by atoms with Gasteiger partial charge in [-0.1, -0.05) is 53.2 Å². The molecular formula is C28H26N4O3S. The second kappa shape index (κ2) is 9.83. The summed E-state index contributed by atoms with van der Waals surface area (Å²) >= 11 is 5.84. The first-order chi connectivity index (χ1) is 17.5. The van der Waals surface area contributed by atoms with Gasteiger partial charge in [-0.2, -0.15) is 4.98 Å². The summed E-state index contributed by atoms with van der Waals surface area (Å²) in [6.07, 6.45) is 0. The third-order valence-corrected chi connectivity index (χ3v) is 6.51. The number of benzene rings is 3. The van der Waals surface area contributed by atoms with Crippen LogP contribution in [-0.2, 0) is 0 Å². The number of allylic oxidation sites excluding steroid dienone is 1. The molecule has 0 radical (unpaired) electrons. The van der Waals surface area contributed by atoms with Gasteiger partial charge in [0.05, 0.1) is 31.5 Å². The van der Waals surface area contributed by atoms with Crippen molar-refractivity contribution in [3.8, 4) is 22.9 Å². The molecule has 1 aromatic heterocycles. The average molecular weight is 499 g/mol. The quantitative estimate of drug-likeness (QED) is 0.328. The van der Waals surface area contributed by atoms with Crippen LogP contribution in [0.25, 0.3) is 17.0 Å². The molecule has 0 saturated carbocycles. The molecule has 0 fully saturated rings. The van der Waals surface area contributed by atoms with E-state index in [1.807, 2.05) is 91.5 Å². The SMILES string of the molecule is COc1ccc(C2NC(=S)N(c3cccc(OC)c3)C(C)=C2c2nc(-c3ccc(C)cc3)no2)cc1. The summed E-state index contributed by atoms with van der Waals surface area (Å²) in [5, 5.41) is 8.33. The Hall–Kier alpha value is -4.17. The number of anilines is 1. The maximum Gasteiger partial charge on any atom is 0.258 e. The fraction of sp³-hybridized carbons (Fsp3) is 0.179. The van der Waals surface area contributed by atoms with Gasteiger partial charge in [0, 0.05) is 17.3 Å². The molecular weight excluding hydrogens is 472 g/mol. The molecule has 1 N–H and O–H groups in total. The van der Waals surface area contributed by atoms with Gasteiger partial charge in [0.2, 0.25) is 5.82 Å². The first-order valence-corrected chi connectivity index (χ1v) is 11.9. The predicted octanol–water partition coefficient (Wildman–Crippen LogP) is 5.93. The Morgan fingerprint density at radius 1 is 0.917 bits per heavy atom. The number of nitrogens with one attached hydrogen (secondary N) is 1. The highest BCUT2D eigenvalue weighted by atomic mass is 32.1. The number of rotatable bonds is 6. The smallest absolute Gasteiger partial charge is 0.258 e. The Kier molecular flexibility index (Phi) is 6.43. The van der Waals surface area contributed by atoms with E-state index in [1.165, 1.54) is 5.56 Å². The molecule has 1 aliphatic heterocycles. The van der Waals surface area contributed by atoms with E-state index in [-0.39, 0.29) is 6.04 Å². The number of hydrogen-bond donors (Lipinski definition) is 1. The summed E-state index contributed by atoms with van der Waals surface area (Å²) in [5.74, 6) is 2.46. The molecule has 36 heavy (non-hydrogen) atoms. The highest BCUT2D eigenvalue weighted by molar-refractivity contribution is 7.80. The zero-order chi connectivity index (χ0) is 25.2. The summed E-state index contributed by atoms with van der Waals surface area (Å²) in [5.41, 5.74) is 5.63. The van der Waals surface area contributed by atoms with E-state index in [9.17, 15) is 0 Å². The molecule has 1 aliphatic rings. The standard InChI is InChI=1S/C28H26N4O3S/c1-17-8-10-20(11-9-17)26-30-27(35-31-26)24-18(2)32(21-6-5-7-23(16-21)34-4)28(36)29-25(24)19-12-14-22(33-3)15-13-19/h5-16,25H,1-4H3,(H,29,36). The van der Waals surface area contributed by atoms with Gasteiger partial charge in [-0.05, 0) is 55.9 Å². The second-order valence-electron chi connectivity index (χ2n) is 8.48. The lowest BCUT2D eigenvalue weighted by Gasteiger charge is -2.37. The number of ether oxygens (including phenoxy) is 2. The topological polar surface area (TPSA) is 72.7 Å². The average Bonchev–Trinajstić information content (AvgIpc) is 3.38. The van der Waals surface area contributed by atoms with Crippen LogP contribution in [0.4, 0.5) is 5.69 Å². The molecule has 5 rings (SSSR count). The Balaban J connectivity index is 1.64. The molecule has 1 atom stereocenters. The number of aryl methyl sites for hydroxylation is 1. The lowest BCUT2D eigenvalue weighted by Crippen LogP contribution is -2.46. The van der Waals surface area contributed by atoms with E-state index < -0.39 is 0 Å². The van der Waals surface area contributed by atoms with Crippen LogP contribution in [0.5, 0.6) is 11.5 Å². The number of thiocarbonyl (C=S) groups is 1. The molecule has 8 heteroatoms. The Bertz CT molecular complexity index is 1430. The van der Waals surface area contributed by atoms with Crippen LogP contribution < -0.4 is 19.7 Å². The minimum absolute atomic E-state index is 0.295. The van der Waals surface area contributed by atoms with Crippen LogP contribution in [0.3, 0.4) is 0 Å². The van der Waals surface area contributed by atoms with Crippen molar-refractivity contribution < 1.29 is 14.0 Å². The van der Waals surface area contributed by atoms with E-state index in [4.69, 9.17) is 31.2 Å². The van der Waals surface area contributed by atoms with E-state index in [0.717, 1.165) is 39.6 Å². The molecule has 2 heterocycles. The minimum atomic E-state index is -0.295. The third kappa shape index (κ3) is 4.43. The number of hydrogen-bond acceptors (Lipinski definition) is 6. The summed E-state index contributed by atoms with van der Waals surface area (Å²) in [7, 11) is 3.29. The van der Waals surface area contributed by atoms with Crippen molar-refractivity contribution in [3.63, 3.8) is 0 Å². The molecule has 0 aliphatic carbocycles. The van der Waals surface area contributed by atoms with Gasteiger partial charge in [0.1, 0.15) is 11.5 Å². The number of nitrogens with zero attached hydrogens (tertiary/aromatic N) is 3. The largest absolute Gasteiger partial charge is 0.497 e. The highest BCUT2D eigenvalue weighted by Crippen LogP contribution is 2.40. The molecule has 0 saturated heterocycles. The Morgan fingerprint density at radius 2 is 1.64 bits per heavy atom. The Labute approximate surface area is 215 Å². The fourth-order valence-electron chi connectivity index (χ4n) is 4.28. The lowest BCUT2D eigenvalue weighted by molar-refractivity contribution is 0.404. The summed E-state index contributed by atoms with van der Waals surface area (Å²) in [6.45, 7) is 4.05. The second-order valence-corrected chi connectivity index (χ2v) is 8.87. The van der Waals surface area contributed by atoms with Crippen LogP contribution >= 0.6 is 12.2 Å². The maximum absolute atomic E-state index is 5.84.